The minimum absolute atomic E-state index is 0.0886. The van der Waals surface area contributed by atoms with Crippen molar-refractivity contribution in [1.82, 2.24) is 9.97 Å². The molecule has 1 aromatic rings. The molecule has 0 aliphatic rings. The van der Waals surface area contributed by atoms with E-state index >= 15 is 0 Å². The highest BCUT2D eigenvalue weighted by molar-refractivity contribution is 5.67. The molecule has 6 heteroatoms. The van der Waals surface area contributed by atoms with Gasteiger partial charge in [0, 0.05) is 13.1 Å². The first-order valence-corrected chi connectivity index (χ1v) is 6.51. The van der Waals surface area contributed by atoms with Crippen LogP contribution in [0.25, 0.3) is 0 Å². The molecule has 19 heavy (non-hydrogen) atoms. The molecule has 0 saturated heterocycles. The molecule has 1 aromatic heterocycles. The molecule has 0 amide bonds. The predicted octanol–water partition coefficient (Wildman–Crippen LogP) is 1.83. The highest BCUT2D eigenvalue weighted by Crippen LogP contribution is 2.28. The van der Waals surface area contributed by atoms with Gasteiger partial charge in [-0.15, -0.1) is 0 Å². The van der Waals surface area contributed by atoms with Gasteiger partial charge < -0.3 is 15.4 Å². The van der Waals surface area contributed by atoms with Crippen LogP contribution in [0.1, 0.15) is 27.2 Å². The molecule has 0 saturated carbocycles. The average Bonchev–Trinajstić information content (AvgIpc) is 2.43. The number of rotatable bonds is 7. The summed E-state index contributed by atoms with van der Waals surface area (Å²) < 4.78 is 5.48. The molecule has 104 valence electrons. The summed E-state index contributed by atoms with van der Waals surface area (Å²) in [6, 6.07) is 2.21. The molecule has 0 aromatic carbocycles. The molecule has 1 heterocycles. The molecule has 2 N–H and O–H groups in total. The van der Waals surface area contributed by atoms with Crippen molar-refractivity contribution in [2.45, 2.75) is 27.2 Å². The van der Waals surface area contributed by atoms with E-state index in [1.165, 1.54) is 6.33 Å². The van der Waals surface area contributed by atoms with E-state index in [-0.39, 0.29) is 5.92 Å². The van der Waals surface area contributed by atoms with Crippen LogP contribution >= 0.6 is 0 Å². The van der Waals surface area contributed by atoms with E-state index in [1.807, 2.05) is 25.7 Å². The molecule has 0 radical (unpaired) electrons. The zero-order valence-corrected chi connectivity index (χ0v) is 11.8. The van der Waals surface area contributed by atoms with Gasteiger partial charge in [-0.2, -0.15) is 10.2 Å². The van der Waals surface area contributed by atoms with Gasteiger partial charge >= 0.3 is 0 Å². The second kappa shape index (κ2) is 7.41. The number of nitrogens with two attached hydrogens (primary N) is 1. The maximum atomic E-state index is 8.90. The fourth-order valence-corrected chi connectivity index (χ4v) is 1.67. The molecular formula is C13H21N5O. The van der Waals surface area contributed by atoms with Gasteiger partial charge in [-0.05, 0) is 20.3 Å². The summed E-state index contributed by atoms with van der Waals surface area (Å²) in [5.74, 6) is 0.954. The Hall–Kier alpha value is -2.03. The molecule has 6 nitrogen and oxygen atoms in total. The van der Waals surface area contributed by atoms with Crippen LogP contribution in [0.2, 0.25) is 0 Å². The summed E-state index contributed by atoms with van der Waals surface area (Å²) in [5.41, 5.74) is 6.48. The molecule has 0 fully saturated rings. The summed E-state index contributed by atoms with van der Waals surface area (Å²) in [5, 5.41) is 8.90. The van der Waals surface area contributed by atoms with Crippen molar-refractivity contribution >= 4 is 11.5 Å². The third-order valence-electron chi connectivity index (χ3n) is 2.67. The molecule has 1 rings (SSSR count). The summed E-state index contributed by atoms with van der Waals surface area (Å²) in [4.78, 5) is 10.2. The largest absolute Gasteiger partial charge is 0.476 e. The SMILES string of the molecule is CCCOc1ncnc(N(CC)CC(C)C#N)c1N. The highest BCUT2D eigenvalue weighted by Gasteiger charge is 2.16. The molecule has 0 spiro atoms. The van der Waals surface area contributed by atoms with Crippen molar-refractivity contribution in [2.75, 3.05) is 30.3 Å². The lowest BCUT2D eigenvalue weighted by Gasteiger charge is -2.24. The molecule has 1 unspecified atom stereocenters. The van der Waals surface area contributed by atoms with Gasteiger partial charge in [-0.25, -0.2) is 4.98 Å². The Morgan fingerprint density at radius 1 is 1.47 bits per heavy atom. The lowest BCUT2D eigenvalue weighted by Crippen LogP contribution is -2.29. The van der Waals surface area contributed by atoms with Crippen molar-refractivity contribution < 1.29 is 4.74 Å². The third-order valence-corrected chi connectivity index (χ3v) is 2.67. The Balaban J connectivity index is 2.94. The molecule has 1 atom stereocenters. The first-order chi connectivity index (χ1) is 9.13. The molecule has 0 bridgehead atoms. The van der Waals surface area contributed by atoms with Crippen LogP contribution in [0.15, 0.2) is 6.33 Å². The summed E-state index contributed by atoms with van der Waals surface area (Å²) in [6.07, 6.45) is 2.33. The minimum Gasteiger partial charge on any atom is -0.476 e. The zero-order chi connectivity index (χ0) is 14.3. The number of hydrogen-bond acceptors (Lipinski definition) is 6. The number of nitrogens with zero attached hydrogens (tertiary/aromatic N) is 4. The number of nitrogen functional groups attached to an aromatic ring is 1. The zero-order valence-electron chi connectivity index (χ0n) is 11.8. The number of ether oxygens (including phenoxy) is 1. The van der Waals surface area contributed by atoms with E-state index in [1.54, 1.807) is 0 Å². The van der Waals surface area contributed by atoms with E-state index in [0.29, 0.717) is 30.5 Å². The van der Waals surface area contributed by atoms with Gasteiger partial charge in [-0.3, -0.25) is 0 Å². The maximum absolute atomic E-state index is 8.90. The predicted molar refractivity (Wildman–Crippen MR) is 74.9 cm³/mol. The Labute approximate surface area is 114 Å². The Kier molecular flexibility index (Phi) is 5.86. The number of anilines is 2. The fourth-order valence-electron chi connectivity index (χ4n) is 1.67. The monoisotopic (exact) mass is 263 g/mol. The van der Waals surface area contributed by atoms with Crippen LogP contribution in [0.4, 0.5) is 11.5 Å². The van der Waals surface area contributed by atoms with Crippen LogP contribution in [0.5, 0.6) is 5.88 Å². The smallest absolute Gasteiger partial charge is 0.242 e. The first-order valence-electron chi connectivity index (χ1n) is 6.51. The average molecular weight is 263 g/mol. The lowest BCUT2D eigenvalue weighted by atomic mass is 10.2. The third kappa shape index (κ3) is 3.98. The Morgan fingerprint density at radius 3 is 2.79 bits per heavy atom. The maximum Gasteiger partial charge on any atom is 0.242 e. The second-order valence-corrected chi connectivity index (χ2v) is 4.33. The number of nitriles is 1. The molecular weight excluding hydrogens is 242 g/mol. The highest BCUT2D eigenvalue weighted by atomic mass is 16.5. The van der Waals surface area contributed by atoms with E-state index in [4.69, 9.17) is 15.7 Å². The van der Waals surface area contributed by atoms with E-state index < -0.39 is 0 Å². The normalized spacial score (nSPS) is 11.7. The van der Waals surface area contributed by atoms with Crippen LogP contribution in [0, 0.1) is 17.2 Å². The van der Waals surface area contributed by atoms with Crippen molar-refractivity contribution in [2.24, 2.45) is 5.92 Å². The van der Waals surface area contributed by atoms with Crippen molar-refractivity contribution in [3.8, 4) is 11.9 Å². The lowest BCUT2D eigenvalue weighted by molar-refractivity contribution is 0.306. The van der Waals surface area contributed by atoms with Gasteiger partial charge in [0.25, 0.3) is 0 Å². The van der Waals surface area contributed by atoms with Crippen LogP contribution < -0.4 is 15.4 Å². The van der Waals surface area contributed by atoms with E-state index in [2.05, 4.69) is 16.0 Å². The number of hydrogen-bond donors (Lipinski definition) is 1. The van der Waals surface area contributed by atoms with E-state index in [0.717, 1.165) is 13.0 Å². The van der Waals surface area contributed by atoms with Crippen LogP contribution in [-0.2, 0) is 0 Å². The summed E-state index contributed by atoms with van der Waals surface area (Å²) in [7, 11) is 0. The van der Waals surface area contributed by atoms with Crippen LogP contribution in [-0.4, -0.2) is 29.7 Å². The Bertz CT molecular complexity index is 443. The van der Waals surface area contributed by atoms with Crippen LogP contribution in [0.3, 0.4) is 0 Å². The topological polar surface area (TPSA) is 88.1 Å². The van der Waals surface area contributed by atoms with Gasteiger partial charge in [0.1, 0.15) is 12.0 Å². The van der Waals surface area contributed by atoms with Gasteiger partial charge in [0.15, 0.2) is 5.82 Å². The van der Waals surface area contributed by atoms with E-state index in [9.17, 15) is 0 Å². The minimum atomic E-state index is -0.0886. The van der Waals surface area contributed by atoms with Gasteiger partial charge in [0.2, 0.25) is 5.88 Å². The van der Waals surface area contributed by atoms with Gasteiger partial charge in [-0.1, -0.05) is 6.92 Å². The standard InChI is InChI=1S/C13H21N5O/c1-4-6-19-13-11(15)12(16-9-17-13)18(5-2)8-10(3)7-14/h9-10H,4-6,8,15H2,1-3H3. The summed E-state index contributed by atoms with van der Waals surface area (Å²) >= 11 is 0. The van der Waals surface area contributed by atoms with Crippen molar-refractivity contribution in [3.05, 3.63) is 6.33 Å². The first kappa shape index (κ1) is 15.0. The van der Waals surface area contributed by atoms with Gasteiger partial charge in [0.05, 0.1) is 18.6 Å². The van der Waals surface area contributed by atoms with Crippen molar-refractivity contribution in [1.29, 1.82) is 5.26 Å². The quantitative estimate of drug-likeness (QED) is 0.807. The second-order valence-electron chi connectivity index (χ2n) is 4.33. The molecule has 0 aliphatic heterocycles. The fraction of sp³-hybridized carbons (Fsp3) is 0.615. The number of aromatic nitrogens is 2. The molecule has 0 aliphatic carbocycles. The van der Waals surface area contributed by atoms with Crippen molar-refractivity contribution in [3.63, 3.8) is 0 Å². The summed E-state index contributed by atoms with van der Waals surface area (Å²) in [6.45, 7) is 7.77. The Morgan fingerprint density at radius 2 is 2.21 bits per heavy atom.